The van der Waals surface area contributed by atoms with Crippen molar-refractivity contribution in [2.24, 2.45) is 0 Å². The van der Waals surface area contributed by atoms with Crippen LogP contribution in [-0.4, -0.2) is 49.8 Å². The van der Waals surface area contributed by atoms with Gasteiger partial charge in [0.2, 0.25) is 10.0 Å². The summed E-state index contributed by atoms with van der Waals surface area (Å²) in [6, 6.07) is 7.10. The number of halogens is 1. The van der Waals surface area contributed by atoms with Crippen LogP contribution in [0.3, 0.4) is 0 Å². The lowest BCUT2D eigenvalue weighted by atomic mass is 9.94. The molecule has 1 saturated heterocycles. The van der Waals surface area contributed by atoms with Gasteiger partial charge in [-0.25, -0.2) is 8.42 Å². The molecule has 1 heterocycles. The van der Waals surface area contributed by atoms with Crippen molar-refractivity contribution in [1.29, 1.82) is 0 Å². The Labute approximate surface area is 138 Å². The van der Waals surface area contributed by atoms with Gasteiger partial charge in [-0.05, 0) is 37.1 Å². The maximum atomic E-state index is 12.6. The minimum Gasteiger partial charge on any atom is -0.298 e. The molecule has 0 spiro atoms. The van der Waals surface area contributed by atoms with Gasteiger partial charge in [0.1, 0.15) is 0 Å². The Morgan fingerprint density at radius 1 is 0.909 bits per heavy atom. The van der Waals surface area contributed by atoms with Crippen molar-refractivity contribution in [3.8, 4) is 0 Å². The number of benzene rings is 1. The van der Waals surface area contributed by atoms with E-state index in [1.54, 1.807) is 28.6 Å². The van der Waals surface area contributed by atoms with Crippen molar-refractivity contribution in [2.75, 3.05) is 26.2 Å². The lowest BCUT2D eigenvalue weighted by molar-refractivity contribution is 0.111. The van der Waals surface area contributed by atoms with Gasteiger partial charge < -0.3 is 0 Å². The Kier molecular flexibility index (Phi) is 5.07. The highest BCUT2D eigenvalue weighted by Gasteiger charge is 2.31. The third-order valence-corrected chi connectivity index (χ3v) is 6.98. The smallest absolute Gasteiger partial charge is 0.243 e. The van der Waals surface area contributed by atoms with E-state index in [1.807, 2.05) is 0 Å². The van der Waals surface area contributed by atoms with Gasteiger partial charge >= 0.3 is 0 Å². The average molecular weight is 343 g/mol. The fraction of sp³-hybridized carbons (Fsp3) is 0.625. The minimum atomic E-state index is -3.38. The molecule has 1 aromatic carbocycles. The Hall–Kier alpha value is -0.620. The van der Waals surface area contributed by atoms with Crippen LogP contribution in [0.4, 0.5) is 0 Å². The van der Waals surface area contributed by atoms with E-state index >= 15 is 0 Å². The first-order valence-electron chi connectivity index (χ1n) is 8.07. The van der Waals surface area contributed by atoms with Gasteiger partial charge in [-0.1, -0.05) is 30.9 Å². The highest BCUT2D eigenvalue weighted by molar-refractivity contribution is 7.89. The summed E-state index contributed by atoms with van der Waals surface area (Å²) >= 11 is 5.84. The highest BCUT2D eigenvalue weighted by Crippen LogP contribution is 2.25. The molecule has 0 radical (unpaired) electrons. The second-order valence-electron chi connectivity index (χ2n) is 6.19. The van der Waals surface area contributed by atoms with Gasteiger partial charge in [0, 0.05) is 37.2 Å². The van der Waals surface area contributed by atoms with Gasteiger partial charge in [-0.2, -0.15) is 4.31 Å². The normalized spacial score (nSPS) is 22.8. The molecule has 1 aromatic rings. The Morgan fingerprint density at radius 3 is 2.09 bits per heavy atom. The van der Waals surface area contributed by atoms with Crippen molar-refractivity contribution in [2.45, 2.75) is 43.0 Å². The molecule has 6 heteroatoms. The van der Waals surface area contributed by atoms with E-state index in [4.69, 9.17) is 11.6 Å². The molecule has 4 nitrogen and oxygen atoms in total. The van der Waals surface area contributed by atoms with Gasteiger partial charge in [0.15, 0.2) is 0 Å². The predicted molar refractivity (Wildman–Crippen MR) is 88.7 cm³/mol. The quantitative estimate of drug-likeness (QED) is 0.848. The van der Waals surface area contributed by atoms with Crippen LogP contribution in [0, 0.1) is 0 Å². The van der Waals surface area contributed by atoms with E-state index in [0.29, 0.717) is 29.0 Å². The molecule has 0 N–H and O–H groups in total. The maximum absolute atomic E-state index is 12.6. The second-order valence-corrected chi connectivity index (χ2v) is 8.56. The third kappa shape index (κ3) is 3.48. The van der Waals surface area contributed by atoms with Crippen molar-refractivity contribution < 1.29 is 8.42 Å². The molecule has 0 aromatic heterocycles. The zero-order valence-corrected chi connectivity index (χ0v) is 14.3. The van der Waals surface area contributed by atoms with E-state index in [1.165, 1.54) is 32.1 Å². The molecule has 3 rings (SSSR count). The Morgan fingerprint density at radius 2 is 1.50 bits per heavy atom. The first kappa shape index (κ1) is 16.2. The van der Waals surface area contributed by atoms with E-state index in [2.05, 4.69) is 4.90 Å². The van der Waals surface area contributed by atoms with Crippen LogP contribution in [0.1, 0.15) is 32.1 Å². The standard InChI is InChI=1S/C16H23ClN2O2S/c17-14-6-8-16(9-7-14)22(20,21)19-12-10-18(11-13-19)15-4-2-1-3-5-15/h6-9,15H,1-5,10-13H2. The highest BCUT2D eigenvalue weighted by atomic mass is 35.5. The summed E-state index contributed by atoms with van der Waals surface area (Å²) in [4.78, 5) is 2.82. The molecular formula is C16H23ClN2O2S. The zero-order chi connectivity index (χ0) is 15.6. The van der Waals surface area contributed by atoms with E-state index in [0.717, 1.165) is 13.1 Å². The molecule has 1 aliphatic carbocycles. The van der Waals surface area contributed by atoms with Crippen LogP contribution in [0.5, 0.6) is 0 Å². The van der Waals surface area contributed by atoms with Crippen LogP contribution in [0.2, 0.25) is 5.02 Å². The van der Waals surface area contributed by atoms with Gasteiger partial charge in [-0.3, -0.25) is 4.90 Å². The van der Waals surface area contributed by atoms with Crippen LogP contribution in [0.15, 0.2) is 29.2 Å². The van der Waals surface area contributed by atoms with E-state index in [-0.39, 0.29) is 0 Å². The van der Waals surface area contributed by atoms with Crippen molar-refractivity contribution in [1.82, 2.24) is 9.21 Å². The summed E-state index contributed by atoms with van der Waals surface area (Å²) in [5.74, 6) is 0. The molecule has 0 amide bonds. The molecule has 0 unspecified atom stereocenters. The topological polar surface area (TPSA) is 40.6 Å². The third-order valence-electron chi connectivity index (χ3n) is 4.82. The lowest BCUT2D eigenvalue weighted by Crippen LogP contribution is -2.52. The zero-order valence-electron chi connectivity index (χ0n) is 12.7. The number of sulfonamides is 1. The molecule has 2 aliphatic rings. The second kappa shape index (κ2) is 6.87. The average Bonchev–Trinajstić information content (AvgIpc) is 2.56. The molecule has 0 atom stereocenters. The maximum Gasteiger partial charge on any atom is 0.243 e. The number of hydrogen-bond donors (Lipinski definition) is 0. The largest absolute Gasteiger partial charge is 0.298 e. The van der Waals surface area contributed by atoms with Crippen LogP contribution in [0.25, 0.3) is 0 Å². The van der Waals surface area contributed by atoms with Crippen LogP contribution >= 0.6 is 11.6 Å². The van der Waals surface area contributed by atoms with Crippen LogP contribution in [-0.2, 0) is 10.0 Å². The monoisotopic (exact) mass is 342 g/mol. The summed E-state index contributed by atoms with van der Waals surface area (Å²) in [5.41, 5.74) is 0. The van der Waals surface area contributed by atoms with Crippen molar-refractivity contribution in [3.05, 3.63) is 29.3 Å². The Balaban J connectivity index is 1.63. The summed E-state index contributed by atoms with van der Waals surface area (Å²) in [6.07, 6.45) is 6.51. The fourth-order valence-electron chi connectivity index (χ4n) is 3.51. The van der Waals surface area contributed by atoms with Crippen molar-refractivity contribution >= 4 is 21.6 Å². The van der Waals surface area contributed by atoms with Crippen LogP contribution < -0.4 is 0 Å². The van der Waals surface area contributed by atoms with E-state index in [9.17, 15) is 8.42 Å². The molecule has 0 bridgehead atoms. The van der Waals surface area contributed by atoms with Crippen molar-refractivity contribution in [3.63, 3.8) is 0 Å². The molecule has 122 valence electrons. The predicted octanol–water partition coefficient (Wildman–Crippen LogP) is 2.98. The van der Waals surface area contributed by atoms with Gasteiger partial charge in [-0.15, -0.1) is 0 Å². The molecular weight excluding hydrogens is 320 g/mol. The number of piperazine rings is 1. The van der Waals surface area contributed by atoms with Gasteiger partial charge in [0.25, 0.3) is 0 Å². The number of hydrogen-bond acceptors (Lipinski definition) is 3. The first-order valence-corrected chi connectivity index (χ1v) is 9.89. The fourth-order valence-corrected chi connectivity index (χ4v) is 5.06. The van der Waals surface area contributed by atoms with Gasteiger partial charge in [0.05, 0.1) is 4.90 Å². The molecule has 1 saturated carbocycles. The number of nitrogens with zero attached hydrogens (tertiary/aromatic N) is 2. The summed E-state index contributed by atoms with van der Waals surface area (Å²) in [6.45, 7) is 2.86. The molecule has 22 heavy (non-hydrogen) atoms. The summed E-state index contributed by atoms with van der Waals surface area (Å²) in [7, 11) is -3.38. The Bertz CT molecular complexity index is 589. The molecule has 2 fully saturated rings. The number of rotatable bonds is 3. The van der Waals surface area contributed by atoms with E-state index < -0.39 is 10.0 Å². The first-order chi connectivity index (χ1) is 10.6. The minimum absolute atomic E-state index is 0.336. The molecule has 1 aliphatic heterocycles. The summed E-state index contributed by atoms with van der Waals surface area (Å²) in [5, 5.41) is 0.557. The summed E-state index contributed by atoms with van der Waals surface area (Å²) < 4.78 is 26.9. The lowest BCUT2D eigenvalue weighted by Gasteiger charge is -2.40. The SMILES string of the molecule is O=S(=O)(c1ccc(Cl)cc1)N1CCN(C2CCCCC2)CC1.